The van der Waals surface area contributed by atoms with Gasteiger partial charge in [-0.05, 0) is 36.1 Å². The van der Waals surface area contributed by atoms with E-state index in [-0.39, 0.29) is 11.3 Å². The first kappa shape index (κ1) is 24.9. The number of aliphatic hydroxyl groups excluding tert-OH is 1. The van der Waals surface area contributed by atoms with E-state index >= 15 is 0 Å². The number of benzene rings is 2. The smallest absolute Gasteiger partial charge is 0.295 e. The van der Waals surface area contributed by atoms with Crippen molar-refractivity contribution in [2.24, 2.45) is 0 Å². The van der Waals surface area contributed by atoms with E-state index in [2.05, 4.69) is 18.7 Å². The summed E-state index contributed by atoms with van der Waals surface area (Å²) >= 11 is 0. The predicted molar refractivity (Wildman–Crippen MR) is 134 cm³/mol. The van der Waals surface area contributed by atoms with Gasteiger partial charge in [-0.2, -0.15) is 0 Å². The molecule has 0 saturated carbocycles. The van der Waals surface area contributed by atoms with E-state index in [1.165, 1.54) is 5.56 Å². The largest absolute Gasteiger partial charge is 0.507 e. The molecule has 2 aliphatic rings. The zero-order valence-electron chi connectivity index (χ0n) is 20.7. The average molecular weight is 479 g/mol. The number of ketones is 1. The maximum Gasteiger partial charge on any atom is 0.295 e. The molecule has 0 aromatic heterocycles. The van der Waals surface area contributed by atoms with E-state index < -0.39 is 17.7 Å². The number of nitrogens with zero attached hydrogens (tertiary/aromatic N) is 2. The second-order valence-electron chi connectivity index (χ2n) is 9.23. The fraction of sp³-hybridized carbons (Fsp3) is 0.429. The first-order valence-corrected chi connectivity index (χ1v) is 12.3. The predicted octanol–water partition coefficient (Wildman–Crippen LogP) is 3.96. The van der Waals surface area contributed by atoms with E-state index in [1.54, 1.807) is 29.2 Å². The van der Waals surface area contributed by atoms with Crippen LogP contribution in [0.2, 0.25) is 0 Å². The first-order chi connectivity index (χ1) is 16.9. The SMILES string of the molecule is CCOc1cccc(C(O)=C2C(=O)C(=O)N(CCN3CCOCC3)C2c2ccc(C(C)C)cc2)c1. The Labute approximate surface area is 206 Å². The Kier molecular flexibility index (Phi) is 7.88. The van der Waals surface area contributed by atoms with E-state index in [1.807, 2.05) is 31.2 Å². The van der Waals surface area contributed by atoms with Gasteiger partial charge in [-0.1, -0.05) is 50.2 Å². The van der Waals surface area contributed by atoms with Crippen molar-refractivity contribution >= 4 is 17.4 Å². The molecule has 7 nitrogen and oxygen atoms in total. The third kappa shape index (κ3) is 5.41. The van der Waals surface area contributed by atoms with Crippen molar-refractivity contribution < 1.29 is 24.2 Å². The zero-order chi connectivity index (χ0) is 24.9. The van der Waals surface area contributed by atoms with E-state index in [0.29, 0.717) is 50.1 Å². The van der Waals surface area contributed by atoms with Gasteiger partial charge in [0.15, 0.2) is 0 Å². The summed E-state index contributed by atoms with van der Waals surface area (Å²) in [6.45, 7) is 10.5. The summed E-state index contributed by atoms with van der Waals surface area (Å²) in [6, 6.07) is 14.3. The van der Waals surface area contributed by atoms with Gasteiger partial charge in [-0.3, -0.25) is 14.5 Å². The van der Waals surface area contributed by atoms with Gasteiger partial charge in [0, 0.05) is 31.7 Å². The van der Waals surface area contributed by atoms with Crippen molar-refractivity contribution in [2.45, 2.75) is 32.7 Å². The number of carbonyl (C=O) groups is 2. The number of hydrogen-bond acceptors (Lipinski definition) is 6. The van der Waals surface area contributed by atoms with Gasteiger partial charge in [-0.15, -0.1) is 0 Å². The number of rotatable bonds is 8. The monoisotopic (exact) mass is 478 g/mol. The van der Waals surface area contributed by atoms with Gasteiger partial charge in [-0.25, -0.2) is 0 Å². The molecule has 2 aromatic rings. The normalized spacial score (nSPS) is 20.6. The van der Waals surface area contributed by atoms with Gasteiger partial charge in [0.25, 0.3) is 11.7 Å². The molecule has 2 aromatic carbocycles. The molecule has 4 rings (SSSR count). The molecule has 35 heavy (non-hydrogen) atoms. The average Bonchev–Trinajstić information content (AvgIpc) is 3.13. The maximum atomic E-state index is 13.3. The summed E-state index contributed by atoms with van der Waals surface area (Å²) in [6.07, 6.45) is 0. The van der Waals surface area contributed by atoms with Gasteiger partial charge >= 0.3 is 0 Å². The van der Waals surface area contributed by atoms with Crippen molar-refractivity contribution in [3.63, 3.8) is 0 Å². The third-order valence-corrected chi connectivity index (χ3v) is 6.64. The number of ether oxygens (including phenoxy) is 2. The number of hydrogen-bond donors (Lipinski definition) is 1. The lowest BCUT2D eigenvalue weighted by Crippen LogP contribution is -2.42. The molecular weight excluding hydrogens is 444 g/mol. The Bertz CT molecular complexity index is 1090. The fourth-order valence-corrected chi connectivity index (χ4v) is 4.65. The summed E-state index contributed by atoms with van der Waals surface area (Å²) < 4.78 is 11.0. The molecule has 1 atom stereocenters. The molecule has 1 unspecified atom stereocenters. The molecule has 186 valence electrons. The van der Waals surface area contributed by atoms with Crippen LogP contribution in [0.15, 0.2) is 54.1 Å². The van der Waals surface area contributed by atoms with Crippen LogP contribution in [0, 0.1) is 0 Å². The number of Topliss-reactive ketones (excluding diaryl/α,β-unsaturated/α-hetero) is 1. The highest BCUT2D eigenvalue weighted by atomic mass is 16.5. The molecule has 2 heterocycles. The summed E-state index contributed by atoms with van der Waals surface area (Å²) in [7, 11) is 0. The minimum absolute atomic E-state index is 0.114. The number of likely N-dealkylation sites (tertiary alicyclic amines) is 1. The molecular formula is C28H34N2O5. The van der Waals surface area contributed by atoms with Gasteiger partial charge in [0.1, 0.15) is 11.5 Å². The molecule has 0 spiro atoms. The van der Waals surface area contributed by atoms with Crippen molar-refractivity contribution in [2.75, 3.05) is 46.0 Å². The van der Waals surface area contributed by atoms with Crippen LogP contribution in [0.1, 0.15) is 49.4 Å². The summed E-state index contributed by atoms with van der Waals surface area (Å²) in [5, 5.41) is 11.3. The fourth-order valence-electron chi connectivity index (χ4n) is 4.65. The molecule has 1 amide bonds. The van der Waals surface area contributed by atoms with Gasteiger partial charge < -0.3 is 19.5 Å². The van der Waals surface area contributed by atoms with E-state index in [4.69, 9.17) is 9.47 Å². The second kappa shape index (κ2) is 11.1. The Hall–Kier alpha value is -3.16. The van der Waals surface area contributed by atoms with Crippen molar-refractivity contribution in [1.82, 2.24) is 9.80 Å². The van der Waals surface area contributed by atoms with Crippen LogP contribution in [-0.2, 0) is 14.3 Å². The standard InChI is InChI=1S/C28H34N2O5/c1-4-35-23-7-5-6-22(18-23)26(31)24-25(21-10-8-20(9-11-21)19(2)3)30(28(33)27(24)32)13-12-29-14-16-34-17-15-29/h5-11,18-19,25,31H,4,12-17H2,1-3H3. The molecule has 0 bridgehead atoms. The van der Waals surface area contributed by atoms with Crippen molar-refractivity contribution in [1.29, 1.82) is 0 Å². The lowest BCUT2D eigenvalue weighted by Gasteiger charge is -2.31. The highest BCUT2D eigenvalue weighted by molar-refractivity contribution is 6.46. The Morgan fingerprint density at radius 2 is 1.80 bits per heavy atom. The van der Waals surface area contributed by atoms with Gasteiger partial charge in [0.2, 0.25) is 0 Å². The Morgan fingerprint density at radius 3 is 2.46 bits per heavy atom. The van der Waals surface area contributed by atoms with Crippen LogP contribution >= 0.6 is 0 Å². The number of morpholine rings is 1. The lowest BCUT2D eigenvalue weighted by molar-refractivity contribution is -0.140. The van der Waals surface area contributed by atoms with Crippen molar-refractivity contribution in [3.8, 4) is 5.75 Å². The Morgan fingerprint density at radius 1 is 1.09 bits per heavy atom. The minimum atomic E-state index is -0.663. The van der Waals surface area contributed by atoms with Crippen molar-refractivity contribution in [3.05, 3.63) is 70.8 Å². The second-order valence-corrected chi connectivity index (χ2v) is 9.23. The summed E-state index contributed by atoms with van der Waals surface area (Å²) in [4.78, 5) is 30.3. The van der Waals surface area contributed by atoms with Crippen LogP contribution in [0.3, 0.4) is 0 Å². The van der Waals surface area contributed by atoms with E-state index in [0.717, 1.165) is 18.7 Å². The number of carbonyl (C=O) groups excluding carboxylic acids is 2. The Balaban J connectivity index is 1.74. The number of aliphatic hydroxyl groups is 1. The molecule has 2 saturated heterocycles. The molecule has 1 N–H and O–H groups in total. The van der Waals surface area contributed by atoms with Gasteiger partial charge in [0.05, 0.1) is 31.4 Å². The first-order valence-electron chi connectivity index (χ1n) is 12.3. The summed E-state index contributed by atoms with van der Waals surface area (Å²) in [5.74, 6) is -0.478. The van der Waals surface area contributed by atoms with Crippen LogP contribution in [-0.4, -0.2) is 72.6 Å². The molecule has 0 radical (unpaired) electrons. The van der Waals surface area contributed by atoms with E-state index in [9.17, 15) is 14.7 Å². The van der Waals surface area contributed by atoms with Crippen LogP contribution in [0.4, 0.5) is 0 Å². The van der Waals surface area contributed by atoms with Crippen LogP contribution in [0.25, 0.3) is 5.76 Å². The molecule has 2 fully saturated rings. The molecule has 7 heteroatoms. The topological polar surface area (TPSA) is 79.3 Å². The number of amides is 1. The van der Waals surface area contributed by atoms with Crippen LogP contribution < -0.4 is 4.74 Å². The maximum absolute atomic E-state index is 13.3. The lowest BCUT2D eigenvalue weighted by atomic mass is 9.93. The quantitative estimate of drug-likeness (QED) is 0.352. The highest BCUT2D eigenvalue weighted by Crippen LogP contribution is 2.40. The molecule has 2 aliphatic heterocycles. The minimum Gasteiger partial charge on any atom is -0.507 e. The van der Waals surface area contributed by atoms with Crippen LogP contribution in [0.5, 0.6) is 5.75 Å². The molecule has 0 aliphatic carbocycles. The summed E-state index contributed by atoms with van der Waals surface area (Å²) in [5.41, 5.74) is 2.54. The zero-order valence-corrected chi connectivity index (χ0v) is 20.7. The third-order valence-electron chi connectivity index (χ3n) is 6.64. The highest BCUT2D eigenvalue weighted by Gasteiger charge is 2.46.